The molecule has 1 aromatic carbocycles. The van der Waals surface area contributed by atoms with E-state index < -0.39 is 0 Å². The Labute approximate surface area is 128 Å². The van der Waals surface area contributed by atoms with E-state index in [1.165, 1.54) is 0 Å². The van der Waals surface area contributed by atoms with Crippen molar-refractivity contribution in [1.82, 2.24) is 15.2 Å². The predicted molar refractivity (Wildman–Crippen MR) is 81.6 cm³/mol. The van der Waals surface area contributed by atoms with E-state index in [9.17, 15) is 0 Å². The van der Waals surface area contributed by atoms with E-state index in [1.807, 2.05) is 24.3 Å². The second-order valence-corrected chi connectivity index (χ2v) is 5.09. The highest BCUT2D eigenvalue weighted by Gasteiger charge is 2.13. The van der Waals surface area contributed by atoms with Gasteiger partial charge in [0.15, 0.2) is 5.82 Å². The molecular weight excluding hydrogens is 290 g/mol. The van der Waals surface area contributed by atoms with Crippen molar-refractivity contribution in [2.45, 2.75) is 6.54 Å². The summed E-state index contributed by atoms with van der Waals surface area (Å²) in [6, 6.07) is 7.69. The minimum atomic E-state index is 0.499. The maximum Gasteiger partial charge on any atom is 0.244 e. The van der Waals surface area contributed by atoms with Gasteiger partial charge in [0.2, 0.25) is 5.95 Å². The SMILES string of the molecule is Clc1ccccc1CNc1nncc(N2CCOCC2)n1. The van der Waals surface area contributed by atoms with Crippen LogP contribution in [0.15, 0.2) is 30.5 Å². The number of anilines is 2. The van der Waals surface area contributed by atoms with Crippen LogP contribution in [0.4, 0.5) is 11.8 Å². The van der Waals surface area contributed by atoms with Gasteiger partial charge in [-0.1, -0.05) is 29.8 Å². The molecule has 2 aromatic rings. The van der Waals surface area contributed by atoms with Gasteiger partial charge in [-0.25, -0.2) is 0 Å². The van der Waals surface area contributed by atoms with Crippen molar-refractivity contribution in [3.63, 3.8) is 0 Å². The van der Waals surface area contributed by atoms with Crippen LogP contribution in [0.2, 0.25) is 5.02 Å². The maximum absolute atomic E-state index is 6.12. The van der Waals surface area contributed by atoms with Crippen molar-refractivity contribution in [3.8, 4) is 0 Å². The number of nitrogens with one attached hydrogen (secondary N) is 1. The van der Waals surface area contributed by atoms with E-state index in [-0.39, 0.29) is 0 Å². The van der Waals surface area contributed by atoms with Crippen molar-refractivity contribution >= 4 is 23.4 Å². The molecule has 1 aliphatic heterocycles. The molecule has 0 atom stereocenters. The van der Waals surface area contributed by atoms with Crippen LogP contribution in [0.1, 0.15) is 5.56 Å². The Bertz CT molecular complexity index is 603. The van der Waals surface area contributed by atoms with E-state index in [4.69, 9.17) is 16.3 Å². The van der Waals surface area contributed by atoms with Crippen LogP contribution >= 0.6 is 11.6 Å². The van der Waals surface area contributed by atoms with Crippen molar-refractivity contribution < 1.29 is 4.74 Å². The molecule has 0 bridgehead atoms. The topological polar surface area (TPSA) is 63.2 Å². The Kier molecular flexibility index (Phi) is 4.47. The van der Waals surface area contributed by atoms with Crippen molar-refractivity contribution in [3.05, 3.63) is 41.0 Å². The quantitative estimate of drug-likeness (QED) is 0.932. The molecule has 0 spiro atoms. The molecule has 1 fully saturated rings. The lowest BCUT2D eigenvalue weighted by Crippen LogP contribution is -2.37. The van der Waals surface area contributed by atoms with Crippen molar-refractivity contribution in [2.75, 3.05) is 36.5 Å². The molecule has 0 amide bonds. The highest BCUT2D eigenvalue weighted by molar-refractivity contribution is 6.31. The van der Waals surface area contributed by atoms with Gasteiger partial charge >= 0.3 is 0 Å². The Hall–Kier alpha value is -1.92. The van der Waals surface area contributed by atoms with Crippen LogP contribution in [0, 0.1) is 0 Å². The van der Waals surface area contributed by atoms with Gasteiger partial charge in [0.25, 0.3) is 0 Å². The zero-order valence-electron chi connectivity index (χ0n) is 11.5. The fourth-order valence-corrected chi connectivity index (χ4v) is 2.33. The average Bonchev–Trinajstić information content (AvgIpc) is 2.55. The summed E-state index contributed by atoms with van der Waals surface area (Å²) in [5, 5.41) is 11.9. The van der Waals surface area contributed by atoms with Gasteiger partial charge in [0.1, 0.15) is 0 Å². The van der Waals surface area contributed by atoms with Crippen LogP contribution in [0.3, 0.4) is 0 Å². The molecule has 2 heterocycles. The van der Waals surface area contributed by atoms with Crippen LogP contribution in [-0.2, 0) is 11.3 Å². The number of hydrogen-bond acceptors (Lipinski definition) is 6. The minimum Gasteiger partial charge on any atom is -0.378 e. The summed E-state index contributed by atoms with van der Waals surface area (Å²) in [4.78, 5) is 6.62. The fraction of sp³-hybridized carbons (Fsp3) is 0.357. The van der Waals surface area contributed by atoms with Gasteiger partial charge in [-0.3, -0.25) is 0 Å². The number of nitrogens with zero attached hydrogens (tertiary/aromatic N) is 4. The number of ether oxygens (including phenoxy) is 1. The number of morpholine rings is 1. The van der Waals surface area contributed by atoms with E-state index in [2.05, 4.69) is 25.4 Å². The predicted octanol–water partition coefficient (Wildman–Crippen LogP) is 1.97. The van der Waals surface area contributed by atoms with Gasteiger partial charge in [0.05, 0.1) is 19.4 Å². The lowest BCUT2D eigenvalue weighted by atomic mass is 10.2. The molecule has 0 saturated carbocycles. The van der Waals surface area contributed by atoms with Crippen molar-refractivity contribution in [1.29, 1.82) is 0 Å². The molecule has 1 saturated heterocycles. The molecule has 1 aromatic heterocycles. The standard InChI is InChI=1S/C14H16ClN5O/c15-12-4-2-1-3-11(12)9-16-14-18-13(10-17-19-14)20-5-7-21-8-6-20/h1-4,10H,5-9H2,(H,16,18,19). The molecule has 110 valence electrons. The first-order chi connectivity index (χ1) is 10.3. The van der Waals surface area contributed by atoms with Crippen LogP contribution in [-0.4, -0.2) is 41.5 Å². The Balaban J connectivity index is 1.67. The summed E-state index contributed by atoms with van der Waals surface area (Å²) in [6.07, 6.45) is 1.67. The lowest BCUT2D eigenvalue weighted by Gasteiger charge is -2.27. The third-order valence-electron chi connectivity index (χ3n) is 3.28. The molecule has 6 nitrogen and oxygen atoms in total. The first-order valence-electron chi connectivity index (χ1n) is 6.82. The van der Waals surface area contributed by atoms with Gasteiger partial charge in [-0.05, 0) is 11.6 Å². The van der Waals surface area contributed by atoms with Gasteiger partial charge < -0.3 is 15.0 Å². The van der Waals surface area contributed by atoms with E-state index in [0.717, 1.165) is 29.5 Å². The molecule has 1 aliphatic rings. The third-order valence-corrected chi connectivity index (χ3v) is 3.64. The molecule has 0 unspecified atom stereocenters. The molecular formula is C14H16ClN5O. The monoisotopic (exact) mass is 305 g/mol. The molecule has 3 rings (SSSR count). The summed E-state index contributed by atoms with van der Waals surface area (Å²) in [6.45, 7) is 3.64. The molecule has 0 aliphatic carbocycles. The number of rotatable bonds is 4. The number of hydrogen-bond donors (Lipinski definition) is 1. The van der Waals surface area contributed by atoms with Crippen molar-refractivity contribution in [2.24, 2.45) is 0 Å². The van der Waals surface area contributed by atoms with Gasteiger partial charge in [-0.15, -0.1) is 5.10 Å². The summed E-state index contributed by atoms with van der Waals surface area (Å²) >= 11 is 6.12. The molecule has 21 heavy (non-hydrogen) atoms. The van der Waals surface area contributed by atoms with Crippen LogP contribution in [0.5, 0.6) is 0 Å². The minimum absolute atomic E-state index is 0.499. The highest BCUT2D eigenvalue weighted by atomic mass is 35.5. The Morgan fingerprint density at radius 1 is 1.24 bits per heavy atom. The molecule has 0 radical (unpaired) electrons. The Morgan fingerprint density at radius 3 is 2.86 bits per heavy atom. The normalized spacial score (nSPS) is 15.0. The number of benzene rings is 1. The first-order valence-corrected chi connectivity index (χ1v) is 7.20. The van der Waals surface area contributed by atoms with E-state index in [0.29, 0.717) is 25.7 Å². The van der Waals surface area contributed by atoms with Crippen LogP contribution < -0.4 is 10.2 Å². The highest BCUT2D eigenvalue weighted by Crippen LogP contribution is 2.17. The largest absolute Gasteiger partial charge is 0.378 e. The van der Waals surface area contributed by atoms with E-state index in [1.54, 1.807) is 6.20 Å². The lowest BCUT2D eigenvalue weighted by molar-refractivity contribution is 0.122. The molecule has 1 N–H and O–H groups in total. The summed E-state index contributed by atoms with van der Waals surface area (Å²) < 4.78 is 5.33. The summed E-state index contributed by atoms with van der Waals surface area (Å²) in [5.41, 5.74) is 1.000. The zero-order valence-corrected chi connectivity index (χ0v) is 12.3. The number of aromatic nitrogens is 3. The van der Waals surface area contributed by atoms with Gasteiger partial charge in [-0.2, -0.15) is 10.1 Å². The summed E-state index contributed by atoms with van der Waals surface area (Å²) in [5.74, 6) is 1.31. The summed E-state index contributed by atoms with van der Waals surface area (Å²) in [7, 11) is 0. The smallest absolute Gasteiger partial charge is 0.244 e. The Morgan fingerprint density at radius 2 is 2.05 bits per heavy atom. The second kappa shape index (κ2) is 6.69. The van der Waals surface area contributed by atoms with Gasteiger partial charge in [0, 0.05) is 24.7 Å². The fourth-order valence-electron chi connectivity index (χ4n) is 2.13. The number of halogens is 1. The molecule has 7 heteroatoms. The van der Waals surface area contributed by atoms with Crippen LogP contribution in [0.25, 0.3) is 0 Å². The second-order valence-electron chi connectivity index (χ2n) is 4.68. The maximum atomic E-state index is 6.12. The van der Waals surface area contributed by atoms with E-state index >= 15 is 0 Å². The first kappa shape index (κ1) is 14.0. The zero-order chi connectivity index (χ0) is 14.5. The average molecular weight is 306 g/mol. The third kappa shape index (κ3) is 3.59.